The van der Waals surface area contributed by atoms with Gasteiger partial charge in [-0.3, -0.25) is 4.79 Å². The first-order chi connectivity index (χ1) is 18.4. The van der Waals surface area contributed by atoms with Gasteiger partial charge >= 0.3 is 0 Å². The SMILES string of the molecule is CCOc1cc([C@@H]2[C@@H]3CCC=C3C(C#N)=C(N)C2(C#N)C#N)c(Br)cc1OCC(=O)NCc1ccccc1. The zero-order valence-electron chi connectivity index (χ0n) is 20.8. The van der Waals surface area contributed by atoms with Gasteiger partial charge in [0.1, 0.15) is 6.07 Å². The van der Waals surface area contributed by atoms with Crippen LogP contribution in [-0.2, 0) is 11.3 Å². The molecule has 2 aromatic carbocycles. The van der Waals surface area contributed by atoms with E-state index in [1.54, 1.807) is 12.1 Å². The number of nitrogens with one attached hydrogen (secondary N) is 1. The normalized spacial score (nSPS) is 19.3. The van der Waals surface area contributed by atoms with Crippen LogP contribution in [0.4, 0.5) is 0 Å². The van der Waals surface area contributed by atoms with Gasteiger partial charge in [0.15, 0.2) is 23.5 Å². The summed E-state index contributed by atoms with van der Waals surface area (Å²) in [4.78, 5) is 12.4. The maximum atomic E-state index is 12.4. The van der Waals surface area contributed by atoms with Crippen molar-refractivity contribution in [1.82, 2.24) is 5.32 Å². The van der Waals surface area contributed by atoms with Crippen molar-refractivity contribution < 1.29 is 14.3 Å². The summed E-state index contributed by atoms with van der Waals surface area (Å²) < 4.78 is 12.3. The van der Waals surface area contributed by atoms with Crippen LogP contribution in [-0.4, -0.2) is 19.1 Å². The molecule has 0 saturated carbocycles. The molecular formula is C29H26BrN5O3. The quantitative estimate of drug-likeness (QED) is 0.465. The molecule has 9 heteroatoms. The highest BCUT2D eigenvalue weighted by Crippen LogP contribution is 2.58. The summed E-state index contributed by atoms with van der Waals surface area (Å²) >= 11 is 3.60. The van der Waals surface area contributed by atoms with Gasteiger partial charge in [0.25, 0.3) is 5.91 Å². The second-order valence-corrected chi connectivity index (χ2v) is 9.91. The number of ether oxygens (including phenoxy) is 2. The molecule has 38 heavy (non-hydrogen) atoms. The molecule has 0 spiro atoms. The number of amides is 1. The molecule has 2 aliphatic rings. The van der Waals surface area contributed by atoms with Gasteiger partial charge in [-0.2, -0.15) is 15.8 Å². The van der Waals surface area contributed by atoms with Gasteiger partial charge in [-0.1, -0.05) is 52.3 Å². The van der Waals surface area contributed by atoms with E-state index >= 15 is 0 Å². The molecule has 2 aromatic rings. The van der Waals surface area contributed by atoms with Crippen LogP contribution < -0.4 is 20.5 Å². The molecule has 0 heterocycles. The molecule has 0 aromatic heterocycles. The van der Waals surface area contributed by atoms with Crippen molar-refractivity contribution in [2.75, 3.05) is 13.2 Å². The van der Waals surface area contributed by atoms with Crippen molar-refractivity contribution in [2.45, 2.75) is 32.2 Å². The number of benzene rings is 2. The maximum absolute atomic E-state index is 12.4. The number of rotatable bonds is 8. The Morgan fingerprint density at radius 3 is 2.53 bits per heavy atom. The number of fused-ring (bicyclic) bond motifs is 1. The molecule has 4 rings (SSSR count). The van der Waals surface area contributed by atoms with Crippen molar-refractivity contribution in [3.63, 3.8) is 0 Å². The molecule has 8 nitrogen and oxygen atoms in total. The number of nitrogens with two attached hydrogens (primary N) is 1. The van der Waals surface area contributed by atoms with Gasteiger partial charge < -0.3 is 20.5 Å². The van der Waals surface area contributed by atoms with Crippen LogP contribution in [0.2, 0.25) is 0 Å². The first kappa shape index (κ1) is 26.8. The Bertz CT molecular complexity index is 1420. The molecule has 2 aliphatic carbocycles. The Morgan fingerprint density at radius 2 is 1.87 bits per heavy atom. The van der Waals surface area contributed by atoms with E-state index < -0.39 is 11.3 Å². The maximum Gasteiger partial charge on any atom is 0.258 e. The summed E-state index contributed by atoms with van der Waals surface area (Å²) in [6.07, 6.45) is 3.36. The van der Waals surface area contributed by atoms with Gasteiger partial charge in [0, 0.05) is 16.9 Å². The van der Waals surface area contributed by atoms with Crippen LogP contribution in [0.15, 0.2) is 69.9 Å². The third kappa shape index (κ3) is 4.84. The van der Waals surface area contributed by atoms with Crippen LogP contribution >= 0.6 is 15.9 Å². The van der Waals surface area contributed by atoms with Crippen LogP contribution in [0.1, 0.15) is 36.8 Å². The molecule has 0 bridgehead atoms. The van der Waals surface area contributed by atoms with Crippen molar-refractivity contribution in [1.29, 1.82) is 15.8 Å². The average Bonchev–Trinajstić information content (AvgIpc) is 3.41. The summed E-state index contributed by atoms with van der Waals surface area (Å²) in [6.45, 7) is 2.32. The molecule has 2 atom stereocenters. The lowest BCUT2D eigenvalue weighted by atomic mass is 9.59. The fourth-order valence-electron chi connectivity index (χ4n) is 5.20. The zero-order chi connectivity index (χ0) is 27.3. The summed E-state index contributed by atoms with van der Waals surface area (Å²) in [5.74, 6) is -0.447. The number of hydrogen-bond acceptors (Lipinski definition) is 7. The minimum Gasteiger partial charge on any atom is -0.490 e. The molecule has 1 amide bonds. The highest BCUT2D eigenvalue weighted by molar-refractivity contribution is 9.10. The minimum atomic E-state index is -1.73. The van der Waals surface area contributed by atoms with E-state index in [0.717, 1.165) is 17.6 Å². The zero-order valence-corrected chi connectivity index (χ0v) is 22.4. The van der Waals surface area contributed by atoms with Crippen LogP contribution in [0.25, 0.3) is 0 Å². The number of nitrogens with zero attached hydrogens (tertiary/aromatic N) is 3. The second kappa shape index (κ2) is 11.4. The first-order valence-electron chi connectivity index (χ1n) is 12.2. The summed E-state index contributed by atoms with van der Waals surface area (Å²) in [5.41, 5.74) is 7.21. The van der Waals surface area contributed by atoms with Crippen molar-refractivity contribution in [2.24, 2.45) is 17.1 Å². The van der Waals surface area contributed by atoms with E-state index in [1.165, 1.54) is 0 Å². The second-order valence-electron chi connectivity index (χ2n) is 9.06. The Labute approximate surface area is 230 Å². The largest absolute Gasteiger partial charge is 0.490 e. The molecule has 192 valence electrons. The monoisotopic (exact) mass is 571 g/mol. The Hall–Kier alpha value is -4.26. The summed E-state index contributed by atoms with van der Waals surface area (Å²) in [7, 11) is 0. The third-order valence-corrected chi connectivity index (χ3v) is 7.63. The number of carbonyl (C=O) groups is 1. The number of carbonyl (C=O) groups excluding carboxylic acids is 1. The Morgan fingerprint density at radius 1 is 1.16 bits per heavy atom. The molecule has 0 aliphatic heterocycles. The lowest BCUT2D eigenvalue weighted by Crippen LogP contribution is -2.41. The van der Waals surface area contributed by atoms with Gasteiger partial charge in [-0.25, -0.2) is 0 Å². The summed E-state index contributed by atoms with van der Waals surface area (Å²) in [5, 5.41) is 33.1. The number of allylic oxidation sites excluding steroid dienone is 4. The van der Waals surface area contributed by atoms with Gasteiger partial charge in [-0.15, -0.1) is 0 Å². The molecule has 3 N–H and O–H groups in total. The lowest BCUT2D eigenvalue weighted by Gasteiger charge is -2.40. The predicted octanol–water partition coefficient (Wildman–Crippen LogP) is 4.75. The van der Waals surface area contributed by atoms with Crippen molar-refractivity contribution in [3.8, 4) is 29.7 Å². The van der Waals surface area contributed by atoms with E-state index in [4.69, 9.17) is 15.2 Å². The number of hydrogen-bond donors (Lipinski definition) is 2. The Kier molecular flexibility index (Phi) is 8.05. The molecule has 0 radical (unpaired) electrons. The Balaban J connectivity index is 1.66. The van der Waals surface area contributed by atoms with E-state index in [9.17, 15) is 20.6 Å². The predicted molar refractivity (Wildman–Crippen MR) is 143 cm³/mol. The highest BCUT2D eigenvalue weighted by Gasteiger charge is 2.54. The van der Waals surface area contributed by atoms with E-state index in [1.807, 2.05) is 43.3 Å². The topological polar surface area (TPSA) is 145 Å². The van der Waals surface area contributed by atoms with Crippen molar-refractivity contribution in [3.05, 3.63) is 81.0 Å². The van der Waals surface area contributed by atoms with Gasteiger partial charge in [0.05, 0.1) is 30.0 Å². The molecule has 0 unspecified atom stereocenters. The van der Waals surface area contributed by atoms with E-state index in [2.05, 4.69) is 39.5 Å². The molecule has 0 fully saturated rings. The van der Waals surface area contributed by atoms with E-state index in [0.29, 0.717) is 41.1 Å². The number of halogens is 1. The molecule has 0 saturated heterocycles. The van der Waals surface area contributed by atoms with E-state index in [-0.39, 0.29) is 29.7 Å². The minimum absolute atomic E-state index is 0.0281. The third-order valence-electron chi connectivity index (χ3n) is 6.95. The van der Waals surface area contributed by atoms with Gasteiger partial charge in [0.2, 0.25) is 0 Å². The fourth-order valence-corrected chi connectivity index (χ4v) is 5.77. The van der Waals surface area contributed by atoms with Crippen molar-refractivity contribution >= 4 is 21.8 Å². The smallest absolute Gasteiger partial charge is 0.258 e. The highest BCUT2D eigenvalue weighted by atomic mass is 79.9. The van der Waals surface area contributed by atoms with Gasteiger partial charge in [-0.05, 0) is 54.5 Å². The molecular weight excluding hydrogens is 546 g/mol. The summed E-state index contributed by atoms with van der Waals surface area (Å²) in [6, 6.07) is 19.4. The van der Waals surface area contributed by atoms with Crippen LogP contribution in [0.3, 0.4) is 0 Å². The first-order valence-corrected chi connectivity index (χ1v) is 13.0. The number of nitriles is 3. The van der Waals surface area contributed by atoms with Crippen LogP contribution in [0.5, 0.6) is 11.5 Å². The standard InChI is InChI=1S/C29H26BrN5O3/c1-2-37-24-11-21(23(30)12-25(24)38-15-26(36)35-14-18-7-4-3-5-8-18)27-20-10-6-9-19(20)22(13-31)28(34)29(27,16-32)17-33/h3-5,7-9,11-12,20,27H,2,6,10,14-15,34H2,1H3,(H,35,36)/t20-,27+/m1/s1. The lowest BCUT2D eigenvalue weighted by molar-refractivity contribution is -0.123. The fraction of sp³-hybridized carbons (Fsp3) is 0.310. The van der Waals surface area contributed by atoms with Crippen LogP contribution in [0, 0.1) is 45.3 Å². The average molecular weight is 572 g/mol.